The topological polar surface area (TPSA) is 60.5 Å². The molecular formula is C26H30N2O3. The molecule has 0 amide bonds. The van der Waals surface area contributed by atoms with Gasteiger partial charge in [0, 0.05) is 19.2 Å². The monoisotopic (exact) mass is 418 g/mol. The molecule has 5 heteroatoms. The lowest BCUT2D eigenvalue weighted by molar-refractivity contribution is -0.145. The van der Waals surface area contributed by atoms with Crippen LogP contribution in [-0.4, -0.2) is 31.2 Å². The Morgan fingerprint density at radius 3 is 2.45 bits per heavy atom. The molecule has 1 unspecified atom stereocenters. The second-order valence-corrected chi connectivity index (χ2v) is 7.26. The number of carbonyl (C=O) groups excluding carboxylic acids is 1. The van der Waals surface area contributed by atoms with Crippen LogP contribution in [-0.2, 0) is 22.4 Å². The van der Waals surface area contributed by atoms with Gasteiger partial charge in [-0.2, -0.15) is 0 Å². The van der Waals surface area contributed by atoms with E-state index in [-0.39, 0.29) is 11.9 Å². The van der Waals surface area contributed by atoms with Crippen molar-refractivity contribution in [3.8, 4) is 5.75 Å². The van der Waals surface area contributed by atoms with Crippen LogP contribution < -0.4 is 10.1 Å². The number of aromatic nitrogens is 1. The van der Waals surface area contributed by atoms with Gasteiger partial charge in [-0.05, 0) is 55.2 Å². The maximum atomic E-state index is 12.4. The van der Waals surface area contributed by atoms with Crippen molar-refractivity contribution >= 4 is 11.8 Å². The van der Waals surface area contributed by atoms with E-state index in [9.17, 15) is 4.79 Å². The predicted molar refractivity (Wildman–Crippen MR) is 124 cm³/mol. The summed E-state index contributed by atoms with van der Waals surface area (Å²) in [5.41, 5.74) is 3.16. The van der Waals surface area contributed by atoms with E-state index >= 15 is 0 Å². The Morgan fingerprint density at radius 2 is 1.74 bits per heavy atom. The third kappa shape index (κ3) is 6.85. The number of aryl methyl sites for hydroxylation is 1. The Morgan fingerprint density at radius 1 is 0.968 bits per heavy atom. The van der Waals surface area contributed by atoms with Crippen molar-refractivity contribution in [1.82, 2.24) is 4.98 Å². The van der Waals surface area contributed by atoms with Gasteiger partial charge in [-0.1, -0.05) is 48.5 Å². The summed E-state index contributed by atoms with van der Waals surface area (Å²) < 4.78 is 11.2. The van der Waals surface area contributed by atoms with Gasteiger partial charge < -0.3 is 14.8 Å². The summed E-state index contributed by atoms with van der Waals surface area (Å²) in [6.07, 6.45) is 2.24. The summed E-state index contributed by atoms with van der Waals surface area (Å²) in [5, 5.41) is 3.04. The molecule has 162 valence electrons. The van der Waals surface area contributed by atoms with E-state index in [1.165, 1.54) is 5.56 Å². The van der Waals surface area contributed by atoms with E-state index in [4.69, 9.17) is 9.47 Å². The third-order valence-corrected chi connectivity index (χ3v) is 5.11. The molecule has 0 spiro atoms. The van der Waals surface area contributed by atoms with Crippen LogP contribution in [0.15, 0.2) is 72.8 Å². The van der Waals surface area contributed by atoms with Crippen molar-refractivity contribution in [2.75, 3.05) is 25.6 Å². The third-order valence-electron chi connectivity index (χ3n) is 5.11. The lowest BCUT2D eigenvalue weighted by Gasteiger charge is -2.16. The minimum absolute atomic E-state index is 0.162. The number of benzene rings is 2. The smallest absolute Gasteiger partial charge is 0.313 e. The molecule has 0 aliphatic carbocycles. The number of rotatable bonds is 11. The average Bonchev–Trinajstić information content (AvgIpc) is 2.81. The zero-order chi connectivity index (χ0) is 21.9. The Labute approximate surface area is 184 Å². The summed E-state index contributed by atoms with van der Waals surface area (Å²) in [4.78, 5) is 16.9. The van der Waals surface area contributed by atoms with Crippen LogP contribution in [0.2, 0.25) is 0 Å². The molecule has 0 aliphatic heterocycles. The predicted octanol–water partition coefficient (Wildman–Crippen LogP) is 5.02. The first-order valence-corrected chi connectivity index (χ1v) is 10.8. The molecule has 1 atom stereocenters. The molecule has 0 radical (unpaired) electrons. The first-order chi connectivity index (χ1) is 15.2. The van der Waals surface area contributed by atoms with Gasteiger partial charge in [0.25, 0.3) is 0 Å². The van der Waals surface area contributed by atoms with Crippen molar-refractivity contribution in [2.45, 2.75) is 32.1 Å². The molecule has 0 fully saturated rings. The van der Waals surface area contributed by atoms with Gasteiger partial charge in [-0.3, -0.25) is 4.79 Å². The summed E-state index contributed by atoms with van der Waals surface area (Å²) in [6.45, 7) is 2.80. The van der Waals surface area contributed by atoms with Gasteiger partial charge in [0.2, 0.25) is 0 Å². The molecule has 5 nitrogen and oxygen atoms in total. The van der Waals surface area contributed by atoms with E-state index in [1.807, 2.05) is 74.6 Å². The Bertz CT molecular complexity index is 942. The summed E-state index contributed by atoms with van der Waals surface area (Å²) >= 11 is 0. The molecule has 0 saturated heterocycles. The molecular weight excluding hydrogens is 388 g/mol. The highest BCUT2D eigenvalue weighted by Gasteiger charge is 2.21. The summed E-state index contributed by atoms with van der Waals surface area (Å²) in [5.74, 6) is 1.28. The summed E-state index contributed by atoms with van der Waals surface area (Å²) in [7, 11) is 1.86. The normalized spacial score (nSPS) is 11.5. The van der Waals surface area contributed by atoms with E-state index in [0.717, 1.165) is 35.7 Å². The number of pyridine rings is 1. The molecule has 3 aromatic rings. The van der Waals surface area contributed by atoms with Crippen LogP contribution in [0.5, 0.6) is 5.75 Å². The second-order valence-electron chi connectivity index (χ2n) is 7.26. The number of ether oxygens (including phenoxy) is 2. The lowest BCUT2D eigenvalue weighted by atomic mass is 9.92. The number of carbonyl (C=O) groups is 1. The molecule has 1 N–H and O–H groups in total. The van der Waals surface area contributed by atoms with Gasteiger partial charge >= 0.3 is 5.97 Å². The van der Waals surface area contributed by atoms with E-state index in [0.29, 0.717) is 19.6 Å². The van der Waals surface area contributed by atoms with Crippen LogP contribution in [0.4, 0.5) is 5.82 Å². The molecule has 0 saturated carbocycles. The lowest BCUT2D eigenvalue weighted by Crippen LogP contribution is -2.16. The van der Waals surface area contributed by atoms with Crippen molar-refractivity contribution in [2.24, 2.45) is 0 Å². The largest absolute Gasteiger partial charge is 0.493 e. The first-order valence-electron chi connectivity index (χ1n) is 10.8. The van der Waals surface area contributed by atoms with Gasteiger partial charge in [-0.15, -0.1) is 0 Å². The number of nitrogens with zero attached hydrogens (tertiary/aromatic N) is 1. The Kier molecular flexibility index (Phi) is 8.47. The Hall–Kier alpha value is -3.34. The summed E-state index contributed by atoms with van der Waals surface area (Å²) in [6, 6.07) is 23.8. The molecule has 0 aliphatic rings. The van der Waals surface area contributed by atoms with Gasteiger partial charge in [-0.25, -0.2) is 4.98 Å². The molecule has 1 aromatic heterocycles. The minimum atomic E-state index is -0.252. The van der Waals surface area contributed by atoms with Crippen LogP contribution >= 0.6 is 0 Å². The van der Waals surface area contributed by atoms with Crippen molar-refractivity contribution in [3.63, 3.8) is 0 Å². The highest BCUT2D eigenvalue weighted by Crippen LogP contribution is 2.24. The van der Waals surface area contributed by atoms with Gasteiger partial charge in [0.1, 0.15) is 11.6 Å². The van der Waals surface area contributed by atoms with Crippen molar-refractivity contribution in [1.29, 1.82) is 0 Å². The van der Waals surface area contributed by atoms with Crippen LogP contribution in [0.25, 0.3) is 0 Å². The second kappa shape index (κ2) is 11.7. The average molecular weight is 419 g/mol. The number of esters is 1. The van der Waals surface area contributed by atoms with Gasteiger partial charge in [0.15, 0.2) is 0 Å². The molecule has 1 heterocycles. The molecule has 31 heavy (non-hydrogen) atoms. The Balaban J connectivity index is 1.52. The highest BCUT2D eigenvalue weighted by molar-refractivity contribution is 5.78. The minimum Gasteiger partial charge on any atom is -0.493 e. The number of nitrogens with one attached hydrogen (secondary N) is 1. The zero-order valence-electron chi connectivity index (χ0n) is 18.2. The van der Waals surface area contributed by atoms with E-state index in [1.54, 1.807) is 0 Å². The fraction of sp³-hybridized carbons (Fsp3) is 0.308. The fourth-order valence-electron chi connectivity index (χ4n) is 3.44. The van der Waals surface area contributed by atoms with Crippen LogP contribution in [0, 0.1) is 0 Å². The first kappa shape index (κ1) is 22.3. The molecule has 2 aromatic carbocycles. The number of anilines is 1. The number of hydrogen-bond acceptors (Lipinski definition) is 5. The standard InChI is InChI=1S/C26H30N2O3/c1-3-30-26(29)24(21-8-5-4-6-9-21)17-14-20-12-15-23(16-13-20)31-19-18-22-10-7-11-25(27-2)28-22/h4-13,15-16,24H,3,14,17-19H2,1-2H3,(H,27,28). The SMILES string of the molecule is CCOC(=O)C(CCc1ccc(OCCc2cccc(NC)n2)cc1)c1ccccc1. The maximum absolute atomic E-state index is 12.4. The quantitative estimate of drug-likeness (QED) is 0.443. The van der Waals surface area contributed by atoms with Crippen molar-refractivity contribution < 1.29 is 14.3 Å². The van der Waals surface area contributed by atoms with Crippen LogP contribution in [0.1, 0.15) is 36.1 Å². The highest BCUT2D eigenvalue weighted by atomic mass is 16.5. The maximum Gasteiger partial charge on any atom is 0.313 e. The van der Waals surface area contributed by atoms with E-state index < -0.39 is 0 Å². The zero-order valence-corrected chi connectivity index (χ0v) is 18.2. The van der Waals surface area contributed by atoms with Gasteiger partial charge in [0.05, 0.1) is 19.1 Å². The van der Waals surface area contributed by atoms with Crippen molar-refractivity contribution in [3.05, 3.63) is 89.6 Å². The molecule has 3 rings (SSSR count). The van der Waals surface area contributed by atoms with Crippen LogP contribution in [0.3, 0.4) is 0 Å². The fourth-order valence-corrected chi connectivity index (χ4v) is 3.44. The molecule has 0 bridgehead atoms. The van der Waals surface area contributed by atoms with E-state index in [2.05, 4.69) is 22.4 Å². The number of hydrogen-bond donors (Lipinski definition) is 1.